The van der Waals surface area contributed by atoms with Crippen LogP contribution in [-0.4, -0.2) is 36.7 Å². The second-order valence-corrected chi connectivity index (χ2v) is 8.43. The number of benzene rings is 3. The Morgan fingerprint density at radius 2 is 1.81 bits per heavy atom. The standard InChI is InChI=1S/C25H22BrN3O7/c1-15-10-16(2)24(20(26)11-15)35-14-23(30)28-27-13-17-4-9-21(22(12-17)34-3)36-25(31)18-5-7-19(8-6-18)29(32)33/h4-13H,14H2,1-3H3,(H,28,30)/b27-13+. The topological polar surface area (TPSA) is 129 Å². The third-order valence-corrected chi connectivity index (χ3v) is 5.42. The van der Waals surface area contributed by atoms with Gasteiger partial charge in [0.15, 0.2) is 18.1 Å². The Hall–Kier alpha value is -4.25. The second-order valence-electron chi connectivity index (χ2n) is 7.58. The van der Waals surface area contributed by atoms with Crippen LogP contribution in [-0.2, 0) is 4.79 Å². The Kier molecular flexibility index (Phi) is 8.74. The molecule has 0 saturated carbocycles. The molecule has 3 aromatic rings. The molecule has 0 saturated heterocycles. The minimum atomic E-state index is -0.702. The maximum Gasteiger partial charge on any atom is 0.343 e. The van der Waals surface area contributed by atoms with Crippen LogP contribution in [0, 0.1) is 24.0 Å². The Morgan fingerprint density at radius 3 is 2.44 bits per heavy atom. The zero-order chi connectivity index (χ0) is 26.2. The van der Waals surface area contributed by atoms with E-state index in [2.05, 4.69) is 26.5 Å². The van der Waals surface area contributed by atoms with Gasteiger partial charge in [0.1, 0.15) is 5.75 Å². The van der Waals surface area contributed by atoms with E-state index in [1.54, 1.807) is 12.1 Å². The zero-order valence-corrected chi connectivity index (χ0v) is 21.2. The number of hydrogen-bond donors (Lipinski definition) is 1. The summed E-state index contributed by atoms with van der Waals surface area (Å²) in [6, 6.07) is 13.6. The van der Waals surface area contributed by atoms with E-state index in [1.807, 2.05) is 26.0 Å². The van der Waals surface area contributed by atoms with Crippen LogP contribution in [0.4, 0.5) is 5.69 Å². The van der Waals surface area contributed by atoms with E-state index >= 15 is 0 Å². The van der Waals surface area contributed by atoms with E-state index in [9.17, 15) is 19.7 Å². The third kappa shape index (κ3) is 6.89. The number of hydrogen-bond acceptors (Lipinski definition) is 8. The molecule has 0 atom stereocenters. The molecule has 0 aliphatic rings. The molecule has 0 bridgehead atoms. The van der Waals surface area contributed by atoms with Crippen LogP contribution >= 0.6 is 15.9 Å². The van der Waals surface area contributed by atoms with Gasteiger partial charge in [-0.3, -0.25) is 14.9 Å². The summed E-state index contributed by atoms with van der Waals surface area (Å²) in [5.74, 6) is -0.160. The average molecular weight is 556 g/mol. The van der Waals surface area contributed by atoms with Gasteiger partial charge >= 0.3 is 5.97 Å². The predicted octanol–water partition coefficient (Wildman–Crippen LogP) is 4.73. The molecule has 1 amide bonds. The fraction of sp³-hybridized carbons (Fsp3) is 0.160. The number of aryl methyl sites for hydroxylation is 2. The van der Waals surface area contributed by atoms with Crippen molar-refractivity contribution < 1.29 is 28.7 Å². The third-order valence-electron chi connectivity index (χ3n) is 4.83. The molecule has 10 nitrogen and oxygen atoms in total. The summed E-state index contributed by atoms with van der Waals surface area (Å²) in [4.78, 5) is 34.7. The lowest BCUT2D eigenvalue weighted by atomic mass is 10.1. The van der Waals surface area contributed by atoms with Gasteiger partial charge in [0, 0.05) is 12.1 Å². The Labute approximate surface area is 215 Å². The maximum atomic E-state index is 12.4. The SMILES string of the molecule is COc1cc(/C=N/NC(=O)COc2c(C)cc(C)cc2Br)ccc1OC(=O)c1ccc([N+](=O)[O-])cc1. The van der Waals surface area contributed by atoms with E-state index in [0.29, 0.717) is 11.3 Å². The summed E-state index contributed by atoms with van der Waals surface area (Å²) >= 11 is 3.43. The lowest BCUT2D eigenvalue weighted by Crippen LogP contribution is -2.24. The normalized spacial score (nSPS) is 10.7. The number of methoxy groups -OCH3 is 1. The molecular weight excluding hydrogens is 534 g/mol. The lowest BCUT2D eigenvalue weighted by Gasteiger charge is -2.11. The van der Waals surface area contributed by atoms with Crippen LogP contribution < -0.4 is 19.6 Å². The highest BCUT2D eigenvalue weighted by atomic mass is 79.9. The fourth-order valence-corrected chi connectivity index (χ4v) is 3.95. The molecule has 3 aromatic carbocycles. The number of hydrazone groups is 1. The Balaban J connectivity index is 1.58. The minimum absolute atomic E-state index is 0.135. The van der Waals surface area contributed by atoms with Gasteiger partial charge in [-0.15, -0.1) is 0 Å². The van der Waals surface area contributed by atoms with E-state index < -0.39 is 16.8 Å². The molecule has 1 N–H and O–H groups in total. The van der Waals surface area contributed by atoms with Crippen LogP contribution in [0.15, 0.2) is 64.2 Å². The summed E-state index contributed by atoms with van der Waals surface area (Å²) in [7, 11) is 1.41. The van der Waals surface area contributed by atoms with Crippen molar-refractivity contribution in [3.63, 3.8) is 0 Å². The molecule has 3 rings (SSSR count). The molecule has 0 aromatic heterocycles. The summed E-state index contributed by atoms with van der Waals surface area (Å²) in [5, 5.41) is 14.7. The molecule has 36 heavy (non-hydrogen) atoms. The van der Waals surface area contributed by atoms with Crippen molar-refractivity contribution in [2.45, 2.75) is 13.8 Å². The highest BCUT2D eigenvalue weighted by Crippen LogP contribution is 2.30. The molecule has 186 valence electrons. The Bertz CT molecular complexity index is 1300. The number of nitro groups is 1. The van der Waals surface area contributed by atoms with Crippen molar-refractivity contribution in [1.82, 2.24) is 5.43 Å². The largest absolute Gasteiger partial charge is 0.493 e. The van der Waals surface area contributed by atoms with Crippen molar-refractivity contribution in [2.75, 3.05) is 13.7 Å². The molecule has 0 spiro atoms. The quantitative estimate of drug-likeness (QED) is 0.133. The number of nitrogens with zero attached hydrogens (tertiary/aromatic N) is 2. The number of ether oxygens (including phenoxy) is 3. The van der Waals surface area contributed by atoms with Crippen LogP contribution in [0.2, 0.25) is 0 Å². The predicted molar refractivity (Wildman–Crippen MR) is 136 cm³/mol. The number of non-ortho nitro benzene ring substituents is 1. The van der Waals surface area contributed by atoms with Crippen LogP contribution in [0.5, 0.6) is 17.2 Å². The van der Waals surface area contributed by atoms with Crippen molar-refractivity contribution in [2.24, 2.45) is 5.10 Å². The van der Waals surface area contributed by atoms with Gasteiger partial charge in [-0.2, -0.15) is 5.10 Å². The fourth-order valence-electron chi connectivity index (χ4n) is 3.16. The number of nitro benzene ring substituents is 1. The monoisotopic (exact) mass is 555 g/mol. The molecule has 0 fully saturated rings. The number of halogens is 1. The van der Waals surface area contributed by atoms with Gasteiger partial charge in [-0.1, -0.05) is 6.07 Å². The molecule has 0 radical (unpaired) electrons. The highest BCUT2D eigenvalue weighted by Gasteiger charge is 2.15. The Morgan fingerprint density at radius 1 is 1.08 bits per heavy atom. The zero-order valence-electron chi connectivity index (χ0n) is 19.6. The van der Waals surface area contributed by atoms with E-state index in [0.717, 1.165) is 15.6 Å². The van der Waals surface area contributed by atoms with Crippen LogP contribution in [0.1, 0.15) is 27.0 Å². The average Bonchev–Trinajstić information content (AvgIpc) is 2.84. The molecule has 0 aliphatic carbocycles. The molecule has 11 heteroatoms. The number of esters is 1. The van der Waals surface area contributed by atoms with Crippen molar-refractivity contribution in [1.29, 1.82) is 0 Å². The molecule has 0 unspecified atom stereocenters. The van der Waals surface area contributed by atoms with Gasteiger partial charge in [0.25, 0.3) is 11.6 Å². The first-order valence-electron chi connectivity index (χ1n) is 10.5. The van der Waals surface area contributed by atoms with Crippen molar-refractivity contribution >= 4 is 39.7 Å². The van der Waals surface area contributed by atoms with Crippen LogP contribution in [0.25, 0.3) is 0 Å². The maximum absolute atomic E-state index is 12.4. The minimum Gasteiger partial charge on any atom is -0.493 e. The number of carbonyl (C=O) groups excluding carboxylic acids is 2. The summed E-state index contributed by atoms with van der Waals surface area (Å²) in [6.07, 6.45) is 1.40. The summed E-state index contributed by atoms with van der Waals surface area (Å²) in [5.41, 5.74) is 4.94. The van der Waals surface area contributed by atoms with Gasteiger partial charge in [0.05, 0.1) is 28.3 Å². The molecule has 0 aliphatic heterocycles. The first-order chi connectivity index (χ1) is 17.2. The summed E-state index contributed by atoms with van der Waals surface area (Å²) < 4.78 is 17.0. The number of amides is 1. The van der Waals surface area contributed by atoms with Crippen molar-refractivity contribution in [3.05, 3.63) is 91.4 Å². The van der Waals surface area contributed by atoms with Crippen molar-refractivity contribution in [3.8, 4) is 17.2 Å². The first kappa shape index (κ1) is 26.4. The van der Waals surface area contributed by atoms with E-state index in [4.69, 9.17) is 14.2 Å². The number of carbonyl (C=O) groups is 2. The van der Waals surface area contributed by atoms with Gasteiger partial charge in [-0.25, -0.2) is 10.2 Å². The summed E-state index contributed by atoms with van der Waals surface area (Å²) in [6.45, 7) is 3.64. The van der Waals surface area contributed by atoms with Gasteiger partial charge < -0.3 is 14.2 Å². The number of rotatable bonds is 9. The van der Waals surface area contributed by atoms with E-state index in [1.165, 1.54) is 43.7 Å². The number of nitrogens with one attached hydrogen (secondary N) is 1. The second kappa shape index (κ2) is 11.9. The van der Waals surface area contributed by atoms with Crippen LogP contribution in [0.3, 0.4) is 0 Å². The smallest absolute Gasteiger partial charge is 0.343 e. The first-order valence-corrected chi connectivity index (χ1v) is 11.3. The molecular formula is C25H22BrN3O7. The van der Waals surface area contributed by atoms with E-state index in [-0.39, 0.29) is 29.4 Å². The van der Waals surface area contributed by atoms with Gasteiger partial charge in [0.2, 0.25) is 0 Å². The lowest BCUT2D eigenvalue weighted by molar-refractivity contribution is -0.384. The van der Waals surface area contributed by atoms with Gasteiger partial charge in [-0.05, 0) is 82.9 Å². The highest BCUT2D eigenvalue weighted by molar-refractivity contribution is 9.10. The molecule has 0 heterocycles.